The van der Waals surface area contributed by atoms with Gasteiger partial charge in [0.25, 0.3) is 5.91 Å². The van der Waals surface area contributed by atoms with E-state index in [0.29, 0.717) is 75.2 Å². The van der Waals surface area contributed by atoms with Gasteiger partial charge in [-0.25, -0.2) is 0 Å². The highest BCUT2D eigenvalue weighted by molar-refractivity contribution is 5.94. The van der Waals surface area contributed by atoms with Crippen LogP contribution in [0.15, 0.2) is 78.9 Å². The third kappa shape index (κ3) is 12.2. The van der Waals surface area contributed by atoms with Gasteiger partial charge in [0.05, 0.1) is 19.8 Å². The Hall–Kier alpha value is -5.07. The minimum Gasteiger partial charge on any atom is -0.508 e. The first kappa shape index (κ1) is 32.8. The van der Waals surface area contributed by atoms with Crippen LogP contribution in [0.25, 0.3) is 0 Å². The molecule has 0 saturated heterocycles. The van der Waals surface area contributed by atoms with Crippen LogP contribution in [-0.2, 0) is 20.7 Å². The molecule has 0 radical (unpaired) electrons. The second-order valence-corrected chi connectivity index (χ2v) is 10.1. The SMILES string of the molecule is CC(=O)CCCOCCOCCNc1nc(Nc2ccc(O)cc2)nc(Nc2ccc(C(=O)NCCc3ccccc3)cc2)n1. The number of aromatic hydroxyl groups is 1. The minimum absolute atomic E-state index is 0.147. The van der Waals surface area contributed by atoms with Crippen molar-refractivity contribution in [2.24, 2.45) is 0 Å². The van der Waals surface area contributed by atoms with Gasteiger partial charge in [-0.3, -0.25) is 4.79 Å². The molecular weight excluding hydrogens is 574 g/mol. The van der Waals surface area contributed by atoms with Crippen molar-refractivity contribution >= 4 is 40.9 Å². The summed E-state index contributed by atoms with van der Waals surface area (Å²) in [4.78, 5) is 37.0. The number of benzene rings is 3. The lowest BCUT2D eigenvalue weighted by atomic mass is 10.1. The van der Waals surface area contributed by atoms with Crippen molar-refractivity contribution in [1.82, 2.24) is 20.3 Å². The van der Waals surface area contributed by atoms with Gasteiger partial charge < -0.3 is 40.6 Å². The number of anilines is 5. The van der Waals surface area contributed by atoms with E-state index in [9.17, 15) is 14.7 Å². The second kappa shape index (κ2) is 17.9. The number of hydrogen-bond acceptors (Lipinski definition) is 11. The first-order chi connectivity index (χ1) is 21.9. The Kier molecular flexibility index (Phi) is 13.1. The van der Waals surface area contributed by atoms with Gasteiger partial charge in [-0.05, 0) is 73.9 Å². The molecule has 0 aliphatic rings. The molecule has 3 aromatic carbocycles. The van der Waals surface area contributed by atoms with Crippen LogP contribution < -0.4 is 21.3 Å². The van der Waals surface area contributed by atoms with Crippen molar-refractivity contribution in [1.29, 1.82) is 0 Å². The number of ether oxygens (including phenoxy) is 2. The molecule has 4 aromatic rings. The van der Waals surface area contributed by atoms with Crippen molar-refractivity contribution in [3.8, 4) is 5.75 Å². The van der Waals surface area contributed by atoms with Crippen molar-refractivity contribution in [2.75, 3.05) is 55.5 Å². The number of phenolic OH excluding ortho intramolecular Hbond substituents is 1. The average Bonchev–Trinajstić information content (AvgIpc) is 3.03. The van der Waals surface area contributed by atoms with Crippen LogP contribution >= 0.6 is 0 Å². The van der Waals surface area contributed by atoms with Gasteiger partial charge in [-0.15, -0.1) is 0 Å². The van der Waals surface area contributed by atoms with E-state index in [4.69, 9.17) is 9.47 Å². The molecule has 0 spiro atoms. The van der Waals surface area contributed by atoms with Gasteiger partial charge in [0, 0.05) is 43.1 Å². The third-order valence-electron chi connectivity index (χ3n) is 6.42. The van der Waals surface area contributed by atoms with Gasteiger partial charge >= 0.3 is 0 Å². The number of nitrogens with one attached hydrogen (secondary N) is 4. The van der Waals surface area contributed by atoms with Gasteiger partial charge in [-0.2, -0.15) is 15.0 Å². The molecule has 236 valence electrons. The summed E-state index contributed by atoms with van der Waals surface area (Å²) in [5.74, 6) is 1.06. The van der Waals surface area contributed by atoms with E-state index in [1.165, 1.54) is 5.56 Å². The molecule has 5 N–H and O–H groups in total. The van der Waals surface area contributed by atoms with Gasteiger partial charge in [0.1, 0.15) is 11.5 Å². The molecule has 0 unspecified atom stereocenters. The number of carbonyl (C=O) groups excluding carboxylic acids is 2. The predicted molar refractivity (Wildman–Crippen MR) is 173 cm³/mol. The Morgan fingerprint density at radius 2 is 1.31 bits per heavy atom. The average molecular weight is 614 g/mol. The van der Waals surface area contributed by atoms with E-state index in [0.717, 1.165) is 6.42 Å². The summed E-state index contributed by atoms with van der Waals surface area (Å²) in [6, 6.07) is 23.6. The van der Waals surface area contributed by atoms with Crippen LogP contribution in [0.2, 0.25) is 0 Å². The second-order valence-electron chi connectivity index (χ2n) is 10.1. The predicted octanol–water partition coefficient (Wildman–Crippen LogP) is 4.85. The maximum atomic E-state index is 12.6. The molecule has 0 bridgehead atoms. The lowest BCUT2D eigenvalue weighted by Gasteiger charge is -2.12. The number of carbonyl (C=O) groups is 2. The number of rotatable bonds is 19. The van der Waals surface area contributed by atoms with Crippen molar-refractivity contribution in [3.05, 3.63) is 90.0 Å². The van der Waals surface area contributed by atoms with Crippen LogP contribution in [0.5, 0.6) is 5.75 Å². The highest BCUT2D eigenvalue weighted by atomic mass is 16.5. The molecule has 0 fully saturated rings. The van der Waals surface area contributed by atoms with Gasteiger partial charge in [0.2, 0.25) is 17.8 Å². The maximum Gasteiger partial charge on any atom is 0.251 e. The van der Waals surface area contributed by atoms with Gasteiger partial charge in [0.15, 0.2) is 0 Å². The standard InChI is InChI=1S/C33H39N7O5/c1-24(41)6-5-20-44-22-23-45-21-19-35-31-38-32(40-33(39-31)37-28-13-15-29(42)16-14-28)36-27-11-9-26(10-12-27)30(43)34-18-17-25-7-3-2-4-8-25/h2-4,7-16,42H,5-6,17-23H2,1H3,(H,34,43)(H3,35,36,37,38,39,40). The molecule has 1 heterocycles. The zero-order valence-corrected chi connectivity index (χ0v) is 25.3. The van der Waals surface area contributed by atoms with Crippen LogP contribution in [0.3, 0.4) is 0 Å². The first-order valence-electron chi connectivity index (χ1n) is 14.8. The highest BCUT2D eigenvalue weighted by Gasteiger charge is 2.10. The molecule has 1 aromatic heterocycles. The summed E-state index contributed by atoms with van der Waals surface area (Å²) in [5, 5.41) is 22.0. The molecule has 4 rings (SSSR count). The minimum atomic E-state index is -0.147. The number of aromatic nitrogens is 3. The molecule has 12 heteroatoms. The molecular formula is C33H39N7O5. The lowest BCUT2D eigenvalue weighted by Crippen LogP contribution is -2.25. The number of hydrogen-bond donors (Lipinski definition) is 5. The normalized spacial score (nSPS) is 10.7. The fourth-order valence-corrected chi connectivity index (χ4v) is 4.12. The van der Waals surface area contributed by atoms with E-state index in [1.54, 1.807) is 55.5 Å². The molecule has 12 nitrogen and oxygen atoms in total. The zero-order valence-electron chi connectivity index (χ0n) is 25.3. The number of phenols is 1. The topological polar surface area (TPSA) is 160 Å². The molecule has 0 saturated carbocycles. The van der Waals surface area contributed by atoms with E-state index in [-0.39, 0.29) is 29.3 Å². The monoisotopic (exact) mass is 613 g/mol. The molecule has 45 heavy (non-hydrogen) atoms. The maximum absolute atomic E-state index is 12.6. The quantitative estimate of drug-likeness (QED) is 0.0727. The summed E-state index contributed by atoms with van der Waals surface area (Å²) in [5.41, 5.74) is 3.08. The first-order valence-corrected chi connectivity index (χ1v) is 14.8. The summed E-state index contributed by atoms with van der Waals surface area (Å²) < 4.78 is 11.1. The Balaban J connectivity index is 1.31. The third-order valence-corrected chi connectivity index (χ3v) is 6.42. The van der Waals surface area contributed by atoms with Crippen LogP contribution in [0, 0.1) is 0 Å². The van der Waals surface area contributed by atoms with E-state index >= 15 is 0 Å². The zero-order chi connectivity index (χ0) is 31.7. The van der Waals surface area contributed by atoms with E-state index < -0.39 is 0 Å². The molecule has 1 amide bonds. The van der Waals surface area contributed by atoms with Gasteiger partial charge in [-0.1, -0.05) is 30.3 Å². The van der Waals surface area contributed by atoms with Crippen molar-refractivity contribution in [2.45, 2.75) is 26.2 Å². The Morgan fingerprint density at radius 3 is 1.96 bits per heavy atom. The number of Topliss-reactive ketones (excluding diaryl/α,β-unsaturated/α-hetero) is 1. The van der Waals surface area contributed by atoms with Crippen LogP contribution in [0.1, 0.15) is 35.7 Å². The van der Waals surface area contributed by atoms with Crippen LogP contribution in [-0.4, -0.2) is 71.3 Å². The highest BCUT2D eigenvalue weighted by Crippen LogP contribution is 2.21. The van der Waals surface area contributed by atoms with Crippen LogP contribution in [0.4, 0.5) is 29.2 Å². The molecule has 0 atom stereocenters. The summed E-state index contributed by atoms with van der Waals surface area (Å²) in [6.07, 6.45) is 1.99. The number of nitrogens with zero attached hydrogens (tertiary/aromatic N) is 3. The Bertz CT molecular complexity index is 1490. The lowest BCUT2D eigenvalue weighted by molar-refractivity contribution is -0.117. The number of ketones is 1. The van der Waals surface area contributed by atoms with Crippen molar-refractivity contribution < 1.29 is 24.2 Å². The molecule has 0 aliphatic carbocycles. The fraction of sp³-hybridized carbons (Fsp3) is 0.303. The summed E-state index contributed by atoms with van der Waals surface area (Å²) in [6.45, 7) is 4.38. The largest absolute Gasteiger partial charge is 0.508 e. The number of amides is 1. The smallest absolute Gasteiger partial charge is 0.251 e. The van der Waals surface area contributed by atoms with Crippen molar-refractivity contribution in [3.63, 3.8) is 0 Å². The Labute approximate surface area is 262 Å². The summed E-state index contributed by atoms with van der Waals surface area (Å²) in [7, 11) is 0. The Morgan fingerprint density at radius 1 is 0.711 bits per heavy atom. The van der Waals surface area contributed by atoms with E-state index in [1.807, 2.05) is 30.3 Å². The van der Waals surface area contributed by atoms with E-state index in [2.05, 4.69) is 36.2 Å². The summed E-state index contributed by atoms with van der Waals surface area (Å²) >= 11 is 0. The molecule has 0 aliphatic heterocycles. The fourth-order valence-electron chi connectivity index (χ4n) is 4.12.